The van der Waals surface area contributed by atoms with E-state index in [9.17, 15) is 4.79 Å². The Kier molecular flexibility index (Phi) is 4.14. The van der Waals surface area contributed by atoms with Crippen molar-refractivity contribution in [3.8, 4) is 17.2 Å². The number of methoxy groups -OCH3 is 1. The predicted octanol–water partition coefficient (Wildman–Crippen LogP) is 2.27. The van der Waals surface area contributed by atoms with E-state index in [1.165, 1.54) is 0 Å². The summed E-state index contributed by atoms with van der Waals surface area (Å²) >= 11 is 0. The highest BCUT2D eigenvalue weighted by Crippen LogP contribution is 2.30. The molecule has 1 aliphatic rings. The number of amides is 1. The van der Waals surface area contributed by atoms with Crippen molar-refractivity contribution in [3.63, 3.8) is 0 Å². The third-order valence-corrected chi connectivity index (χ3v) is 3.41. The zero-order valence-corrected chi connectivity index (χ0v) is 12.2. The summed E-state index contributed by atoms with van der Waals surface area (Å²) in [5.41, 5.74) is 0.502. The van der Waals surface area contributed by atoms with Crippen LogP contribution in [0.1, 0.15) is 10.4 Å². The highest BCUT2D eigenvalue weighted by Gasteiger charge is 2.21. The summed E-state index contributed by atoms with van der Waals surface area (Å²) in [4.78, 5) is 12.2. The lowest BCUT2D eigenvalue weighted by atomic mass is 10.2. The minimum Gasteiger partial charge on any atom is -0.496 e. The van der Waals surface area contributed by atoms with E-state index in [1.54, 1.807) is 25.3 Å². The van der Waals surface area contributed by atoms with Gasteiger partial charge < -0.3 is 19.5 Å². The van der Waals surface area contributed by atoms with Crippen LogP contribution in [0.5, 0.6) is 17.2 Å². The fourth-order valence-corrected chi connectivity index (χ4v) is 2.30. The van der Waals surface area contributed by atoms with Crippen molar-refractivity contribution in [2.45, 2.75) is 6.10 Å². The second kappa shape index (κ2) is 6.39. The number of hydrogen-bond donors (Lipinski definition) is 1. The van der Waals surface area contributed by atoms with Crippen LogP contribution in [-0.4, -0.2) is 32.3 Å². The van der Waals surface area contributed by atoms with E-state index in [0.717, 1.165) is 5.75 Å². The molecule has 3 rings (SSSR count). The van der Waals surface area contributed by atoms with Crippen LogP contribution in [0.15, 0.2) is 48.5 Å². The van der Waals surface area contributed by atoms with Crippen molar-refractivity contribution >= 4 is 5.91 Å². The summed E-state index contributed by atoms with van der Waals surface area (Å²) in [7, 11) is 1.54. The van der Waals surface area contributed by atoms with Gasteiger partial charge >= 0.3 is 0 Å². The Labute approximate surface area is 128 Å². The lowest BCUT2D eigenvalue weighted by molar-refractivity contribution is 0.0787. The third kappa shape index (κ3) is 2.98. The summed E-state index contributed by atoms with van der Waals surface area (Å²) in [5, 5.41) is 2.85. The van der Waals surface area contributed by atoms with E-state index in [0.29, 0.717) is 30.2 Å². The minimum absolute atomic E-state index is 0.195. The third-order valence-electron chi connectivity index (χ3n) is 3.41. The predicted molar refractivity (Wildman–Crippen MR) is 81.7 cm³/mol. The largest absolute Gasteiger partial charge is 0.496 e. The first-order valence-electron chi connectivity index (χ1n) is 7.07. The molecule has 1 heterocycles. The molecule has 2 aromatic rings. The average Bonchev–Trinajstić information content (AvgIpc) is 2.59. The molecule has 1 aliphatic heterocycles. The van der Waals surface area contributed by atoms with E-state index in [2.05, 4.69) is 5.32 Å². The molecule has 5 nitrogen and oxygen atoms in total. The summed E-state index contributed by atoms with van der Waals surface area (Å²) in [6.07, 6.45) is -0.214. The maximum Gasteiger partial charge on any atom is 0.255 e. The SMILES string of the molecule is COc1ccccc1C(=O)NCC1COc2ccccc2O1. The van der Waals surface area contributed by atoms with Crippen LogP contribution in [0.25, 0.3) is 0 Å². The van der Waals surface area contributed by atoms with Crippen molar-refractivity contribution < 1.29 is 19.0 Å². The Morgan fingerprint density at radius 3 is 2.73 bits per heavy atom. The molecule has 0 spiro atoms. The molecule has 1 N–H and O–H groups in total. The van der Waals surface area contributed by atoms with Gasteiger partial charge in [0.2, 0.25) is 0 Å². The lowest BCUT2D eigenvalue weighted by Gasteiger charge is -2.26. The molecule has 22 heavy (non-hydrogen) atoms. The molecule has 0 fully saturated rings. The molecule has 0 radical (unpaired) electrons. The highest BCUT2D eigenvalue weighted by molar-refractivity contribution is 5.96. The minimum atomic E-state index is -0.214. The lowest BCUT2D eigenvalue weighted by Crippen LogP contribution is -2.40. The molecule has 5 heteroatoms. The van der Waals surface area contributed by atoms with Crippen LogP contribution >= 0.6 is 0 Å². The molecule has 0 aliphatic carbocycles. The van der Waals surface area contributed by atoms with Gasteiger partial charge in [0.05, 0.1) is 19.2 Å². The fourth-order valence-electron chi connectivity index (χ4n) is 2.30. The van der Waals surface area contributed by atoms with Gasteiger partial charge in [-0.05, 0) is 24.3 Å². The Bertz CT molecular complexity index is 671. The number of rotatable bonds is 4. The zero-order valence-electron chi connectivity index (χ0n) is 12.2. The van der Waals surface area contributed by atoms with Crippen molar-refractivity contribution in [2.75, 3.05) is 20.3 Å². The summed E-state index contributed by atoms with van der Waals surface area (Å²) in [5.74, 6) is 1.78. The van der Waals surface area contributed by atoms with Gasteiger partial charge in [0.15, 0.2) is 11.5 Å². The number of ether oxygens (including phenoxy) is 3. The van der Waals surface area contributed by atoms with Gasteiger partial charge in [-0.2, -0.15) is 0 Å². The molecule has 0 saturated carbocycles. The van der Waals surface area contributed by atoms with Crippen LogP contribution in [0.3, 0.4) is 0 Å². The van der Waals surface area contributed by atoms with Crippen LogP contribution in [0.4, 0.5) is 0 Å². The van der Waals surface area contributed by atoms with Crippen LogP contribution in [-0.2, 0) is 0 Å². The number of hydrogen-bond acceptors (Lipinski definition) is 4. The number of fused-ring (bicyclic) bond motifs is 1. The maximum absolute atomic E-state index is 12.2. The van der Waals surface area contributed by atoms with E-state index >= 15 is 0 Å². The van der Waals surface area contributed by atoms with Crippen LogP contribution in [0.2, 0.25) is 0 Å². The van der Waals surface area contributed by atoms with Gasteiger partial charge in [-0.3, -0.25) is 4.79 Å². The Morgan fingerprint density at radius 1 is 1.18 bits per heavy atom. The van der Waals surface area contributed by atoms with E-state index < -0.39 is 0 Å². The van der Waals surface area contributed by atoms with Crippen molar-refractivity contribution in [1.82, 2.24) is 5.32 Å². The zero-order chi connectivity index (χ0) is 15.4. The number of para-hydroxylation sites is 3. The first kappa shape index (κ1) is 14.3. The first-order chi connectivity index (χ1) is 10.8. The normalized spacial score (nSPS) is 16.0. The molecule has 1 atom stereocenters. The summed E-state index contributed by atoms with van der Waals surface area (Å²) in [6.45, 7) is 0.772. The Balaban J connectivity index is 1.60. The standard InChI is InChI=1S/C17H17NO4/c1-20-14-7-3-2-6-13(14)17(19)18-10-12-11-21-15-8-4-5-9-16(15)22-12/h2-9,12H,10-11H2,1H3,(H,18,19). The van der Waals surface area contributed by atoms with Gasteiger partial charge in [-0.25, -0.2) is 0 Å². The van der Waals surface area contributed by atoms with Gasteiger partial charge in [-0.15, -0.1) is 0 Å². The molecule has 2 aromatic carbocycles. The number of carbonyl (C=O) groups is 1. The molecule has 1 unspecified atom stereocenters. The highest BCUT2D eigenvalue weighted by atomic mass is 16.6. The van der Waals surface area contributed by atoms with Crippen molar-refractivity contribution in [1.29, 1.82) is 0 Å². The smallest absolute Gasteiger partial charge is 0.255 e. The average molecular weight is 299 g/mol. The second-order valence-corrected chi connectivity index (χ2v) is 4.91. The summed E-state index contributed by atoms with van der Waals surface area (Å²) in [6, 6.07) is 14.6. The molecule has 114 valence electrons. The molecule has 0 aromatic heterocycles. The van der Waals surface area contributed by atoms with E-state index in [4.69, 9.17) is 14.2 Å². The van der Waals surface area contributed by atoms with E-state index in [-0.39, 0.29) is 12.0 Å². The Morgan fingerprint density at radius 2 is 1.91 bits per heavy atom. The molecule has 0 saturated heterocycles. The quantitative estimate of drug-likeness (QED) is 0.941. The maximum atomic E-state index is 12.2. The number of carbonyl (C=O) groups excluding carboxylic acids is 1. The van der Waals surface area contributed by atoms with Crippen molar-refractivity contribution in [3.05, 3.63) is 54.1 Å². The topological polar surface area (TPSA) is 56.8 Å². The number of benzene rings is 2. The van der Waals surface area contributed by atoms with Gasteiger partial charge in [0.25, 0.3) is 5.91 Å². The fraction of sp³-hybridized carbons (Fsp3) is 0.235. The van der Waals surface area contributed by atoms with Gasteiger partial charge in [-0.1, -0.05) is 24.3 Å². The molecule has 1 amide bonds. The van der Waals surface area contributed by atoms with Gasteiger partial charge in [0.1, 0.15) is 18.5 Å². The van der Waals surface area contributed by atoms with Gasteiger partial charge in [0, 0.05) is 0 Å². The first-order valence-corrected chi connectivity index (χ1v) is 7.07. The van der Waals surface area contributed by atoms with Crippen LogP contribution in [0, 0.1) is 0 Å². The second-order valence-electron chi connectivity index (χ2n) is 4.91. The molecular weight excluding hydrogens is 282 g/mol. The molecule has 0 bridgehead atoms. The monoisotopic (exact) mass is 299 g/mol. The van der Waals surface area contributed by atoms with Crippen LogP contribution < -0.4 is 19.5 Å². The Hall–Kier alpha value is -2.69. The summed E-state index contributed by atoms with van der Waals surface area (Å²) < 4.78 is 16.6. The van der Waals surface area contributed by atoms with Crippen molar-refractivity contribution in [2.24, 2.45) is 0 Å². The van der Waals surface area contributed by atoms with E-state index in [1.807, 2.05) is 30.3 Å². The number of nitrogens with one attached hydrogen (secondary N) is 1. The molecular formula is C17H17NO4.